The zero-order valence-electron chi connectivity index (χ0n) is 12.0. The molecule has 0 bridgehead atoms. The van der Waals surface area contributed by atoms with Crippen LogP contribution in [0.2, 0.25) is 0 Å². The molecule has 19 heavy (non-hydrogen) atoms. The lowest BCUT2D eigenvalue weighted by atomic mass is 9.97. The van der Waals surface area contributed by atoms with Crippen molar-refractivity contribution in [3.05, 3.63) is 18.5 Å². The van der Waals surface area contributed by atoms with Gasteiger partial charge in [0, 0.05) is 37.1 Å². The molecule has 3 rings (SSSR count). The highest BCUT2D eigenvalue weighted by Gasteiger charge is 2.37. The van der Waals surface area contributed by atoms with E-state index in [4.69, 9.17) is 0 Å². The minimum Gasteiger partial charge on any atom is -0.310 e. The van der Waals surface area contributed by atoms with Crippen LogP contribution in [0.1, 0.15) is 39.0 Å². The molecule has 2 fully saturated rings. The van der Waals surface area contributed by atoms with Gasteiger partial charge in [-0.05, 0) is 38.8 Å². The zero-order valence-corrected chi connectivity index (χ0v) is 12.0. The molecule has 1 aliphatic heterocycles. The first-order valence-electron chi connectivity index (χ1n) is 7.74. The summed E-state index contributed by atoms with van der Waals surface area (Å²) in [6, 6.07) is 2.69. The number of rotatable bonds is 3. The molecule has 2 heterocycles. The third-order valence-corrected chi connectivity index (χ3v) is 4.93. The van der Waals surface area contributed by atoms with Crippen LogP contribution in [0.25, 0.3) is 0 Å². The Morgan fingerprint density at radius 3 is 2.89 bits per heavy atom. The van der Waals surface area contributed by atoms with E-state index >= 15 is 0 Å². The lowest BCUT2D eigenvalue weighted by molar-refractivity contribution is 0.160. The van der Waals surface area contributed by atoms with Crippen LogP contribution in [0.15, 0.2) is 18.5 Å². The molecule has 1 saturated carbocycles. The molecule has 1 aromatic rings. The predicted octanol–water partition coefficient (Wildman–Crippen LogP) is 1.88. The van der Waals surface area contributed by atoms with E-state index in [1.54, 1.807) is 0 Å². The van der Waals surface area contributed by atoms with Gasteiger partial charge in [-0.1, -0.05) is 12.8 Å². The van der Waals surface area contributed by atoms with Crippen LogP contribution in [0.4, 0.5) is 0 Å². The molecule has 4 nitrogen and oxygen atoms in total. The molecule has 4 heteroatoms. The number of hydrogen-bond acceptors (Lipinski definition) is 3. The van der Waals surface area contributed by atoms with Crippen molar-refractivity contribution < 1.29 is 0 Å². The third kappa shape index (κ3) is 3.00. The Morgan fingerprint density at radius 2 is 2.16 bits per heavy atom. The summed E-state index contributed by atoms with van der Waals surface area (Å²) >= 11 is 0. The number of hydrogen-bond donors (Lipinski definition) is 1. The normalized spacial score (nSPS) is 27.7. The molecule has 1 aromatic heterocycles. The average Bonchev–Trinajstić information content (AvgIpc) is 3.03. The van der Waals surface area contributed by atoms with Crippen molar-refractivity contribution in [3.63, 3.8) is 0 Å². The van der Waals surface area contributed by atoms with Crippen molar-refractivity contribution in [1.29, 1.82) is 0 Å². The highest BCUT2D eigenvalue weighted by atomic mass is 15.3. The van der Waals surface area contributed by atoms with E-state index < -0.39 is 0 Å². The van der Waals surface area contributed by atoms with Crippen LogP contribution in [-0.4, -0.2) is 45.9 Å². The van der Waals surface area contributed by atoms with Crippen molar-refractivity contribution >= 4 is 0 Å². The lowest BCUT2D eigenvalue weighted by Crippen LogP contribution is -2.50. The van der Waals surface area contributed by atoms with E-state index in [1.807, 2.05) is 16.9 Å². The van der Waals surface area contributed by atoms with Gasteiger partial charge in [-0.25, -0.2) is 0 Å². The first-order valence-corrected chi connectivity index (χ1v) is 7.74. The van der Waals surface area contributed by atoms with Gasteiger partial charge in [0.25, 0.3) is 0 Å². The first-order chi connectivity index (χ1) is 9.27. The highest BCUT2D eigenvalue weighted by Crippen LogP contribution is 2.32. The standard InChI is InChI=1S/C15H26N4/c1-14-5-9-16-15(6-2-3-7-15)13-18(14)11-12-19-10-4-8-17-19/h4,8,10,14,16H,2-3,5-7,9,11-13H2,1H3. The second kappa shape index (κ2) is 5.63. The van der Waals surface area contributed by atoms with Crippen molar-refractivity contribution in [1.82, 2.24) is 20.0 Å². The van der Waals surface area contributed by atoms with Gasteiger partial charge in [0.2, 0.25) is 0 Å². The molecule has 1 N–H and O–H groups in total. The second-order valence-corrected chi connectivity index (χ2v) is 6.29. The SMILES string of the molecule is CC1CCNC2(CCCC2)CN1CCn1cccn1. The van der Waals surface area contributed by atoms with Gasteiger partial charge < -0.3 is 5.32 Å². The first kappa shape index (κ1) is 13.1. The van der Waals surface area contributed by atoms with Crippen molar-refractivity contribution in [2.75, 3.05) is 19.6 Å². The highest BCUT2D eigenvalue weighted by molar-refractivity contribution is 4.98. The van der Waals surface area contributed by atoms with Gasteiger partial charge in [-0.2, -0.15) is 5.10 Å². The Labute approximate surface area is 116 Å². The van der Waals surface area contributed by atoms with Gasteiger partial charge in [0.05, 0.1) is 6.54 Å². The van der Waals surface area contributed by atoms with Gasteiger partial charge >= 0.3 is 0 Å². The summed E-state index contributed by atoms with van der Waals surface area (Å²) in [7, 11) is 0. The molecule has 106 valence electrons. The van der Waals surface area contributed by atoms with Gasteiger partial charge in [0.1, 0.15) is 0 Å². The summed E-state index contributed by atoms with van der Waals surface area (Å²) in [5, 5.41) is 8.16. The molecule has 0 amide bonds. The van der Waals surface area contributed by atoms with Crippen LogP contribution >= 0.6 is 0 Å². The van der Waals surface area contributed by atoms with E-state index in [2.05, 4.69) is 28.4 Å². The number of nitrogens with one attached hydrogen (secondary N) is 1. The summed E-state index contributed by atoms with van der Waals surface area (Å²) in [4.78, 5) is 2.67. The Hall–Kier alpha value is -0.870. The van der Waals surface area contributed by atoms with Crippen LogP contribution < -0.4 is 5.32 Å². The van der Waals surface area contributed by atoms with Crippen LogP contribution in [-0.2, 0) is 6.54 Å². The molecule has 0 radical (unpaired) electrons. The van der Waals surface area contributed by atoms with Gasteiger partial charge in [-0.3, -0.25) is 9.58 Å². The summed E-state index contributed by atoms with van der Waals surface area (Å²) in [6.07, 6.45) is 10.7. The van der Waals surface area contributed by atoms with Crippen LogP contribution in [0.3, 0.4) is 0 Å². The summed E-state index contributed by atoms with van der Waals surface area (Å²) in [6.45, 7) is 6.90. The fraction of sp³-hybridized carbons (Fsp3) is 0.800. The monoisotopic (exact) mass is 262 g/mol. The Morgan fingerprint density at radius 1 is 1.32 bits per heavy atom. The predicted molar refractivity (Wildman–Crippen MR) is 77.1 cm³/mol. The molecular weight excluding hydrogens is 236 g/mol. The molecule has 1 aliphatic carbocycles. The molecule has 2 aliphatic rings. The second-order valence-electron chi connectivity index (χ2n) is 6.29. The van der Waals surface area contributed by atoms with Gasteiger partial charge in [0.15, 0.2) is 0 Å². The largest absolute Gasteiger partial charge is 0.310 e. The number of nitrogens with zero attached hydrogens (tertiary/aromatic N) is 3. The van der Waals surface area contributed by atoms with E-state index in [1.165, 1.54) is 45.2 Å². The maximum atomic E-state index is 4.31. The summed E-state index contributed by atoms with van der Waals surface area (Å²) < 4.78 is 2.05. The molecule has 1 atom stereocenters. The third-order valence-electron chi connectivity index (χ3n) is 4.93. The fourth-order valence-corrected chi connectivity index (χ4v) is 3.68. The lowest BCUT2D eigenvalue weighted by Gasteiger charge is -2.35. The molecule has 0 aromatic carbocycles. The van der Waals surface area contributed by atoms with Crippen molar-refractivity contribution in [3.8, 4) is 0 Å². The van der Waals surface area contributed by atoms with E-state index in [0.29, 0.717) is 11.6 Å². The summed E-state index contributed by atoms with van der Waals surface area (Å²) in [5.74, 6) is 0. The topological polar surface area (TPSA) is 33.1 Å². The van der Waals surface area contributed by atoms with E-state index in [9.17, 15) is 0 Å². The molecular formula is C15H26N4. The molecule has 1 saturated heterocycles. The minimum absolute atomic E-state index is 0.412. The van der Waals surface area contributed by atoms with E-state index in [-0.39, 0.29) is 0 Å². The van der Waals surface area contributed by atoms with E-state index in [0.717, 1.165) is 13.1 Å². The molecule has 1 unspecified atom stereocenters. The quantitative estimate of drug-likeness (QED) is 0.903. The fourth-order valence-electron chi connectivity index (χ4n) is 3.68. The van der Waals surface area contributed by atoms with Gasteiger partial charge in [-0.15, -0.1) is 0 Å². The Kier molecular flexibility index (Phi) is 3.89. The average molecular weight is 262 g/mol. The van der Waals surface area contributed by atoms with Crippen molar-refractivity contribution in [2.24, 2.45) is 0 Å². The van der Waals surface area contributed by atoms with Crippen LogP contribution in [0.5, 0.6) is 0 Å². The maximum Gasteiger partial charge on any atom is 0.0536 e. The Bertz CT molecular complexity index is 381. The van der Waals surface area contributed by atoms with Crippen molar-refractivity contribution in [2.45, 2.75) is 57.2 Å². The summed E-state index contributed by atoms with van der Waals surface area (Å²) in [5.41, 5.74) is 0.412. The number of aromatic nitrogens is 2. The maximum absolute atomic E-state index is 4.31. The smallest absolute Gasteiger partial charge is 0.0536 e. The minimum atomic E-state index is 0.412. The Balaban J connectivity index is 1.63. The zero-order chi connectivity index (χ0) is 13.1. The van der Waals surface area contributed by atoms with Crippen LogP contribution in [0, 0.1) is 0 Å². The molecule has 1 spiro atoms.